The van der Waals surface area contributed by atoms with Crippen LogP contribution in [-0.2, 0) is 7.05 Å². The molecule has 2 fully saturated rings. The third-order valence-electron chi connectivity index (χ3n) is 6.02. The Morgan fingerprint density at radius 2 is 2.00 bits per heavy atom. The molecule has 2 heterocycles. The molecule has 0 unspecified atom stereocenters. The Bertz CT molecular complexity index is 702. The van der Waals surface area contributed by atoms with Gasteiger partial charge >= 0.3 is 0 Å². The van der Waals surface area contributed by atoms with Crippen LogP contribution >= 0.6 is 0 Å². The fourth-order valence-corrected chi connectivity index (χ4v) is 4.31. The molecule has 1 saturated heterocycles. The van der Waals surface area contributed by atoms with Crippen molar-refractivity contribution in [3.05, 3.63) is 22.7 Å². The van der Waals surface area contributed by atoms with Crippen molar-refractivity contribution in [3.8, 4) is 0 Å². The van der Waals surface area contributed by atoms with Gasteiger partial charge < -0.3 is 24.8 Å². The molecule has 1 aliphatic heterocycles. The van der Waals surface area contributed by atoms with Crippen LogP contribution in [-0.4, -0.2) is 71.9 Å². The normalized spacial score (nSPS) is 20.2. The SMILES string of the molecule is CN=C(NCC1(CCO)CCCC1)N1CCN(c2nccn(C)c2=O)CC1. The first kappa shape index (κ1) is 19.7. The van der Waals surface area contributed by atoms with Gasteiger partial charge in [0.25, 0.3) is 5.56 Å². The van der Waals surface area contributed by atoms with Gasteiger partial charge in [0.1, 0.15) is 0 Å². The number of guanidine groups is 1. The summed E-state index contributed by atoms with van der Waals surface area (Å²) in [6, 6.07) is 0. The Labute approximate surface area is 160 Å². The highest BCUT2D eigenvalue weighted by Crippen LogP contribution is 2.40. The van der Waals surface area contributed by atoms with E-state index in [1.165, 1.54) is 25.7 Å². The van der Waals surface area contributed by atoms with Gasteiger partial charge in [-0.2, -0.15) is 0 Å². The smallest absolute Gasteiger partial charge is 0.293 e. The van der Waals surface area contributed by atoms with Gasteiger partial charge in [-0.1, -0.05) is 12.8 Å². The third kappa shape index (κ3) is 4.43. The zero-order valence-electron chi connectivity index (χ0n) is 16.5. The standard InChI is InChI=1S/C19H32N6O2/c1-20-18(22-15-19(7-14-26)5-3-4-6-19)25-12-10-24(11-13-25)16-17(27)23(2)9-8-21-16/h8-9,26H,3-7,10-15H2,1-2H3,(H,20,22). The third-order valence-corrected chi connectivity index (χ3v) is 6.02. The van der Waals surface area contributed by atoms with Gasteiger partial charge in [-0.15, -0.1) is 0 Å². The molecule has 1 aromatic heterocycles. The lowest BCUT2D eigenvalue weighted by Gasteiger charge is -2.38. The van der Waals surface area contributed by atoms with Crippen molar-refractivity contribution >= 4 is 11.8 Å². The van der Waals surface area contributed by atoms with E-state index in [2.05, 4.69) is 25.1 Å². The molecule has 2 N–H and O–H groups in total. The first-order valence-electron chi connectivity index (χ1n) is 9.92. The van der Waals surface area contributed by atoms with E-state index in [1.807, 2.05) is 7.05 Å². The zero-order chi connectivity index (χ0) is 19.3. The van der Waals surface area contributed by atoms with Gasteiger partial charge in [-0.05, 0) is 24.7 Å². The van der Waals surface area contributed by atoms with Crippen molar-refractivity contribution in [1.29, 1.82) is 0 Å². The van der Waals surface area contributed by atoms with E-state index in [0.29, 0.717) is 5.82 Å². The second-order valence-corrected chi connectivity index (χ2v) is 7.72. The molecule has 8 nitrogen and oxygen atoms in total. The van der Waals surface area contributed by atoms with Crippen molar-refractivity contribution < 1.29 is 5.11 Å². The van der Waals surface area contributed by atoms with Gasteiger partial charge in [-0.3, -0.25) is 9.79 Å². The van der Waals surface area contributed by atoms with Gasteiger partial charge in [-0.25, -0.2) is 4.98 Å². The number of anilines is 1. The predicted octanol–water partition coefficient (Wildman–Crippen LogP) is 0.421. The van der Waals surface area contributed by atoms with Crippen molar-refractivity contribution in [2.75, 3.05) is 51.3 Å². The molecule has 150 valence electrons. The molecule has 0 radical (unpaired) electrons. The highest BCUT2D eigenvalue weighted by atomic mass is 16.3. The Kier molecular flexibility index (Phi) is 6.36. The van der Waals surface area contributed by atoms with Crippen molar-refractivity contribution in [2.24, 2.45) is 17.5 Å². The van der Waals surface area contributed by atoms with E-state index in [4.69, 9.17) is 0 Å². The predicted molar refractivity (Wildman–Crippen MR) is 107 cm³/mol. The summed E-state index contributed by atoms with van der Waals surface area (Å²) in [7, 11) is 3.57. The molecule has 0 amide bonds. The van der Waals surface area contributed by atoms with E-state index in [9.17, 15) is 9.90 Å². The fourth-order valence-electron chi connectivity index (χ4n) is 4.31. The van der Waals surface area contributed by atoms with Crippen LogP contribution in [0.5, 0.6) is 0 Å². The topological polar surface area (TPSA) is 86.0 Å². The summed E-state index contributed by atoms with van der Waals surface area (Å²) in [6.07, 6.45) is 9.05. The maximum atomic E-state index is 12.3. The number of aliphatic hydroxyl groups excluding tert-OH is 1. The Hall–Kier alpha value is -2.09. The quantitative estimate of drug-likeness (QED) is 0.572. The molecule has 27 heavy (non-hydrogen) atoms. The van der Waals surface area contributed by atoms with Crippen molar-refractivity contribution in [3.63, 3.8) is 0 Å². The number of aryl methyl sites for hydroxylation is 1. The molecule has 0 spiro atoms. The summed E-state index contributed by atoms with van der Waals surface area (Å²) in [6.45, 7) is 4.20. The first-order valence-corrected chi connectivity index (χ1v) is 9.92. The first-order chi connectivity index (χ1) is 13.1. The van der Waals surface area contributed by atoms with E-state index in [1.54, 1.807) is 24.0 Å². The number of piperazine rings is 1. The molecule has 1 saturated carbocycles. The molecule has 0 bridgehead atoms. The number of aliphatic imine (C=N–C) groups is 1. The molecule has 0 atom stereocenters. The second-order valence-electron chi connectivity index (χ2n) is 7.72. The number of nitrogens with zero attached hydrogens (tertiary/aromatic N) is 5. The summed E-state index contributed by atoms with van der Waals surface area (Å²) >= 11 is 0. The maximum absolute atomic E-state index is 12.3. The van der Waals surface area contributed by atoms with Crippen LogP contribution < -0.4 is 15.8 Å². The van der Waals surface area contributed by atoms with E-state index >= 15 is 0 Å². The van der Waals surface area contributed by atoms with Crippen LogP contribution in [0.4, 0.5) is 5.82 Å². The Balaban J connectivity index is 1.57. The molecule has 0 aromatic carbocycles. The minimum Gasteiger partial charge on any atom is -0.396 e. The molecule has 2 aliphatic rings. The van der Waals surface area contributed by atoms with Crippen LogP contribution in [0.2, 0.25) is 0 Å². The summed E-state index contributed by atoms with van der Waals surface area (Å²) in [5.41, 5.74) is 0.146. The maximum Gasteiger partial charge on any atom is 0.293 e. The second kappa shape index (κ2) is 8.73. The van der Waals surface area contributed by atoms with E-state index in [-0.39, 0.29) is 17.6 Å². The molecule has 1 aromatic rings. The number of aliphatic hydroxyl groups is 1. The van der Waals surface area contributed by atoms with Crippen LogP contribution in [0.1, 0.15) is 32.1 Å². The Morgan fingerprint density at radius 1 is 1.30 bits per heavy atom. The number of hydrogen-bond donors (Lipinski definition) is 2. The lowest BCUT2D eigenvalue weighted by molar-refractivity contribution is 0.184. The monoisotopic (exact) mass is 376 g/mol. The summed E-state index contributed by atoms with van der Waals surface area (Å²) < 4.78 is 1.57. The van der Waals surface area contributed by atoms with E-state index in [0.717, 1.165) is 45.1 Å². The van der Waals surface area contributed by atoms with Crippen LogP contribution in [0.15, 0.2) is 22.2 Å². The molecule has 3 rings (SSSR count). The average Bonchev–Trinajstić information content (AvgIpc) is 3.14. The number of nitrogens with one attached hydrogen (secondary N) is 1. The van der Waals surface area contributed by atoms with E-state index < -0.39 is 0 Å². The highest BCUT2D eigenvalue weighted by molar-refractivity contribution is 5.80. The lowest BCUT2D eigenvalue weighted by atomic mass is 9.83. The molecular formula is C19H32N6O2. The highest BCUT2D eigenvalue weighted by Gasteiger charge is 2.34. The fraction of sp³-hybridized carbons (Fsp3) is 0.737. The number of aromatic nitrogens is 2. The lowest BCUT2D eigenvalue weighted by Crippen LogP contribution is -2.54. The summed E-state index contributed by atoms with van der Waals surface area (Å²) in [4.78, 5) is 25.3. The molecule has 1 aliphatic carbocycles. The van der Waals surface area contributed by atoms with Crippen molar-refractivity contribution in [2.45, 2.75) is 32.1 Å². The minimum absolute atomic E-state index is 0.0550. The van der Waals surface area contributed by atoms with Gasteiger partial charge in [0.15, 0.2) is 11.8 Å². The zero-order valence-corrected chi connectivity index (χ0v) is 16.5. The molecular weight excluding hydrogens is 344 g/mol. The number of rotatable bonds is 5. The van der Waals surface area contributed by atoms with Crippen LogP contribution in [0.25, 0.3) is 0 Å². The van der Waals surface area contributed by atoms with Gasteiger partial charge in [0.05, 0.1) is 0 Å². The summed E-state index contributed by atoms with van der Waals surface area (Å²) in [5.74, 6) is 1.43. The Morgan fingerprint density at radius 3 is 2.63 bits per heavy atom. The molecule has 8 heteroatoms. The van der Waals surface area contributed by atoms with Crippen LogP contribution in [0.3, 0.4) is 0 Å². The number of hydrogen-bond acceptors (Lipinski definition) is 5. The van der Waals surface area contributed by atoms with Gasteiger partial charge in [0, 0.05) is 65.8 Å². The largest absolute Gasteiger partial charge is 0.396 e. The minimum atomic E-state index is -0.0550. The summed E-state index contributed by atoms with van der Waals surface area (Å²) in [5, 5.41) is 13.0. The van der Waals surface area contributed by atoms with Gasteiger partial charge in [0.2, 0.25) is 0 Å². The average molecular weight is 377 g/mol. The van der Waals surface area contributed by atoms with Crippen LogP contribution in [0, 0.1) is 5.41 Å². The van der Waals surface area contributed by atoms with Crippen molar-refractivity contribution in [1.82, 2.24) is 19.8 Å².